The zero-order chi connectivity index (χ0) is 15.1. The molecule has 5 heteroatoms. The maximum atomic E-state index is 5.54. The molecule has 1 unspecified atom stereocenters. The minimum Gasteiger partial charge on any atom is -0.422 e. The Labute approximate surface area is 129 Å². The van der Waals surface area contributed by atoms with Gasteiger partial charge in [0.15, 0.2) is 17.2 Å². The van der Waals surface area contributed by atoms with Crippen LogP contribution >= 0.6 is 0 Å². The van der Waals surface area contributed by atoms with Crippen LogP contribution in [0, 0.1) is 13.8 Å². The summed E-state index contributed by atoms with van der Waals surface area (Å²) in [6.07, 6.45) is 3.85. The minimum absolute atomic E-state index is 0.344. The zero-order valence-electron chi connectivity index (χ0n) is 12.8. The van der Waals surface area contributed by atoms with Crippen LogP contribution in [-0.2, 0) is 0 Å². The number of nitrogens with zero attached hydrogens (tertiary/aromatic N) is 4. The first-order chi connectivity index (χ1) is 10.7. The molecule has 5 nitrogen and oxygen atoms in total. The molecule has 1 aromatic carbocycles. The summed E-state index contributed by atoms with van der Waals surface area (Å²) in [6, 6.07) is 8.92. The van der Waals surface area contributed by atoms with Crippen LogP contribution in [0.1, 0.15) is 35.9 Å². The third-order valence-corrected chi connectivity index (χ3v) is 4.36. The summed E-state index contributed by atoms with van der Waals surface area (Å²) in [7, 11) is 0. The van der Waals surface area contributed by atoms with E-state index >= 15 is 0 Å². The molecule has 1 fully saturated rings. The number of aromatic nitrogens is 3. The molecule has 0 bridgehead atoms. The summed E-state index contributed by atoms with van der Waals surface area (Å²) in [5, 5.41) is 0. The number of oxazole rings is 1. The van der Waals surface area contributed by atoms with Gasteiger partial charge in [0.05, 0.1) is 6.04 Å². The first-order valence-corrected chi connectivity index (χ1v) is 7.64. The Bertz CT molecular complexity index is 826. The molecule has 112 valence electrons. The summed E-state index contributed by atoms with van der Waals surface area (Å²) in [6.45, 7) is 4.99. The SMILES string of the molecule is Cc1nc2c(N3CCCC3c3ccccc3C)ncnc2o1. The van der Waals surface area contributed by atoms with E-state index in [0.29, 0.717) is 17.6 Å². The molecule has 3 aromatic rings. The smallest absolute Gasteiger partial charge is 0.252 e. The van der Waals surface area contributed by atoms with Crippen molar-refractivity contribution in [2.45, 2.75) is 32.7 Å². The van der Waals surface area contributed by atoms with E-state index < -0.39 is 0 Å². The fourth-order valence-electron chi connectivity index (χ4n) is 3.36. The largest absolute Gasteiger partial charge is 0.422 e. The molecule has 1 aliphatic heterocycles. The Hall–Kier alpha value is -2.43. The standard InChI is InChI=1S/C17H18N4O/c1-11-6-3-4-7-13(11)14-8-5-9-21(14)16-15-17(19-10-18-16)22-12(2)20-15/h3-4,6-7,10,14H,5,8-9H2,1-2H3. The second-order valence-electron chi connectivity index (χ2n) is 5.79. The summed E-state index contributed by atoms with van der Waals surface area (Å²) in [5.74, 6) is 1.51. The van der Waals surface area contributed by atoms with E-state index in [1.807, 2.05) is 6.92 Å². The van der Waals surface area contributed by atoms with Crippen LogP contribution in [0.3, 0.4) is 0 Å². The van der Waals surface area contributed by atoms with Crippen molar-refractivity contribution in [1.29, 1.82) is 0 Å². The van der Waals surface area contributed by atoms with Crippen molar-refractivity contribution in [2.24, 2.45) is 0 Å². The van der Waals surface area contributed by atoms with Gasteiger partial charge in [0.2, 0.25) is 0 Å². The quantitative estimate of drug-likeness (QED) is 0.723. The van der Waals surface area contributed by atoms with E-state index in [1.165, 1.54) is 11.1 Å². The molecule has 4 rings (SSSR count). The van der Waals surface area contributed by atoms with Gasteiger partial charge in [-0.25, -0.2) is 9.97 Å². The lowest BCUT2D eigenvalue weighted by molar-refractivity contribution is 0.551. The van der Waals surface area contributed by atoms with Crippen LogP contribution in [0.4, 0.5) is 5.82 Å². The van der Waals surface area contributed by atoms with Crippen LogP contribution in [-0.4, -0.2) is 21.5 Å². The van der Waals surface area contributed by atoms with Crippen LogP contribution in [0.5, 0.6) is 0 Å². The summed E-state index contributed by atoms with van der Waals surface area (Å²) < 4.78 is 5.54. The molecule has 3 heterocycles. The van der Waals surface area contributed by atoms with Gasteiger partial charge >= 0.3 is 0 Å². The first-order valence-electron chi connectivity index (χ1n) is 7.64. The Kier molecular flexibility index (Phi) is 3.06. The first kappa shape index (κ1) is 13.2. The fourth-order valence-corrected chi connectivity index (χ4v) is 3.36. The van der Waals surface area contributed by atoms with E-state index in [4.69, 9.17) is 4.42 Å². The van der Waals surface area contributed by atoms with Gasteiger partial charge in [-0.05, 0) is 30.9 Å². The minimum atomic E-state index is 0.344. The van der Waals surface area contributed by atoms with Gasteiger partial charge in [-0.15, -0.1) is 0 Å². The summed E-state index contributed by atoms with van der Waals surface area (Å²) >= 11 is 0. The highest BCUT2D eigenvalue weighted by Gasteiger charge is 2.30. The molecule has 0 spiro atoms. The predicted molar refractivity (Wildman–Crippen MR) is 84.8 cm³/mol. The maximum absolute atomic E-state index is 5.54. The number of hydrogen-bond donors (Lipinski definition) is 0. The van der Waals surface area contributed by atoms with Crippen LogP contribution < -0.4 is 4.90 Å². The number of fused-ring (bicyclic) bond motifs is 1. The molecule has 0 aliphatic carbocycles. The topological polar surface area (TPSA) is 55.1 Å². The van der Waals surface area contributed by atoms with Crippen molar-refractivity contribution in [3.05, 3.63) is 47.6 Å². The van der Waals surface area contributed by atoms with Crippen molar-refractivity contribution in [3.8, 4) is 0 Å². The van der Waals surface area contributed by atoms with Crippen LogP contribution in [0.2, 0.25) is 0 Å². The fraction of sp³-hybridized carbons (Fsp3) is 0.353. The normalized spacial score (nSPS) is 18.3. The number of rotatable bonds is 2. The molecule has 2 aromatic heterocycles. The Morgan fingerprint density at radius 3 is 2.91 bits per heavy atom. The van der Waals surface area contributed by atoms with Crippen LogP contribution in [0.15, 0.2) is 35.0 Å². The molecule has 1 aliphatic rings. The molecule has 1 saturated heterocycles. The van der Waals surface area contributed by atoms with Gasteiger partial charge < -0.3 is 9.32 Å². The van der Waals surface area contributed by atoms with Gasteiger partial charge in [-0.2, -0.15) is 4.98 Å². The highest BCUT2D eigenvalue weighted by atomic mass is 16.4. The lowest BCUT2D eigenvalue weighted by Gasteiger charge is -2.27. The number of hydrogen-bond acceptors (Lipinski definition) is 5. The van der Waals surface area contributed by atoms with E-state index in [-0.39, 0.29) is 0 Å². The third kappa shape index (κ3) is 2.04. The Balaban J connectivity index is 1.82. The molecule has 1 atom stereocenters. The number of anilines is 1. The molecule has 0 N–H and O–H groups in total. The lowest BCUT2D eigenvalue weighted by atomic mass is 9.99. The molecule has 0 saturated carbocycles. The van der Waals surface area contributed by atoms with E-state index in [9.17, 15) is 0 Å². The zero-order valence-corrected chi connectivity index (χ0v) is 12.8. The number of aryl methyl sites for hydroxylation is 2. The second-order valence-corrected chi connectivity index (χ2v) is 5.79. The van der Waals surface area contributed by atoms with E-state index in [2.05, 4.69) is 51.0 Å². The average Bonchev–Trinajstić information content (AvgIpc) is 3.12. The van der Waals surface area contributed by atoms with Crippen molar-refractivity contribution in [1.82, 2.24) is 15.0 Å². The second kappa shape index (κ2) is 5.09. The molecular weight excluding hydrogens is 276 g/mol. The maximum Gasteiger partial charge on any atom is 0.252 e. The van der Waals surface area contributed by atoms with Crippen LogP contribution in [0.25, 0.3) is 11.2 Å². The van der Waals surface area contributed by atoms with Gasteiger partial charge in [0.25, 0.3) is 5.71 Å². The Morgan fingerprint density at radius 1 is 1.18 bits per heavy atom. The molecular formula is C17H18N4O. The highest BCUT2D eigenvalue weighted by molar-refractivity contribution is 5.82. The molecule has 22 heavy (non-hydrogen) atoms. The Morgan fingerprint density at radius 2 is 2.05 bits per heavy atom. The van der Waals surface area contributed by atoms with Crippen molar-refractivity contribution >= 4 is 17.0 Å². The predicted octanol–water partition coefficient (Wildman–Crippen LogP) is 3.58. The number of benzene rings is 1. The van der Waals surface area contributed by atoms with Crippen molar-refractivity contribution in [2.75, 3.05) is 11.4 Å². The van der Waals surface area contributed by atoms with Crippen molar-refractivity contribution in [3.63, 3.8) is 0 Å². The van der Waals surface area contributed by atoms with E-state index in [0.717, 1.165) is 30.7 Å². The average molecular weight is 294 g/mol. The molecule has 0 amide bonds. The van der Waals surface area contributed by atoms with Crippen molar-refractivity contribution < 1.29 is 4.42 Å². The van der Waals surface area contributed by atoms with Gasteiger partial charge in [0, 0.05) is 13.5 Å². The van der Waals surface area contributed by atoms with Gasteiger partial charge in [0.1, 0.15) is 6.33 Å². The lowest BCUT2D eigenvalue weighted by Crippen LogP contribution is -2.24. The third-order valence-electron chi connectivity index (χ3n) is 4.36. The monoisotopic (exact) mass is 294 g/mol. The van der Waals surface area contributed by atoms with Gasteiger partial charge in [-0.3, -0.25) is 0 Å². The highest BCUT2D eigenvalue weighted by Crippen LogP contribution is 2.38. The summed E-state index contributed by atoms with van der Waals surface area (Å²) in [4.78, 5) is 15.5. The van der Waals surface area contributed by atoms with E-state index in [1.54, 1.807) is 6.33 Å². The summed E-state index contributed by atoms with van der Waals surface area (Å²) in [5.41, 5.74) is 4.02. The van der Waals surface area contributed by atoms with Gasteiger partial charge in [-0.1, -0.05) is 24.3 Å². The molecule has 0 radical (unpaired) electrons.